The molecule has 2 rings (SSSR count). The zero-order valence-corrected chi connectivity index (χ0v) is 9.83. The second-order valence-corrected chi connectivity index (χ2v) is 3.59. The minimum absolute atomic E-state index is 0.0992. The maximum atomic E-state index is 11.0. The fourth-order valence-corrected chi connectivity index (χ4v) is 1.35. The lowest BCUT2D eigenvalue weighted by Crippen LogP contribution is -2.13. The summed E-state index contributed by atoms with van der Waals surface area (Å²) in [4.78, 5) is 15.0. The van der Waals surface area contributed by atoms with Gasteiger partial charge < -0.3 is 16.2 Å². The largest absolute Gasteiger partial charge is 0.434 e. The second-order valence-electron chi connectivity index (χ2n) is 3.59. The zero-order chi connectivity index (χ0) is 13.1. The van der Waals surface area contributed by atoms with Crippen LogP contribution in [0.1, 0.15) is 17.4 Å². The van der Waals surface area contributed by atoms with Crippen molar-refractivity contribution in [2.45, 2.75) is 13.5 Å². The lowest BCUT2D eigenvalue weighted by atomic mass is 10.3. The lowest BCUT2D eigenvalue weighted by molar-refractivity contribution is 0.0995. The molecule has 2 aromatic heterocycles. The van der Waals surface area contributed by atoms with Gasteiger partial charge >= 0.3 is 0 Å². The van der Waals surface area contributed by atoms with Crippen molar-refractivity contribution in [1.82, 2.24) is 14.8 Å². The van der Waals surface area contributed by atoms with Crippen molar-refractivity contribution in [1.29, 1.82) is 0 Å². The summed E-state index contributed by atoms with van der Waals surface area (Å²) in [5.74, 6) is 0.00345. The molecule has 94 valence electrons. The van der Waals surface area contributed by atoms with Crippen LogP contribution >= 0.6 is 0 Å². The van der Waals surface area contributed by atoms with E-state index in [9.17, 15) is 4.79 Å². The van der Waals surface area contributed by atoms with Gasteiger partial charge in [0.2, 0.25) is 5.88 Å². The average molecular weight is 247 g/mol. The molecule has 0 aliphatic carbocycles. The van der Waals surface area contributed by atoms with E-state index in [1.165, 1.54) is 12.1 Å². The molecule has 7 nitrogen and oxygen atoms in total. The van der Waals surface area contributed by atoms with E-state index in [1.807, 2.05) is 6.92 Å². The standard InChI is InChI=1S/C11H13N5O2/c1-2-16-6-7(5-14-16)18-11-8(12)3-4-9(15-11)10(13)17/h3-6H,2,12H2,1H3,(H2,13,17). The molecule has 0 spiro atoms. The van der Waals surface area contributed by atoms with Gasteiger partial charge in [-0.3, -0.25) is 9.48 Å². The quantitative estimate of drug-likeness (QED) is 0.829. The summed E-state index contributed by atoms with van der Waals surface area (Å²) >= 11 is 0. The molecular formula is C11H13N5O2. The van der Waals surface area contributed by atoms with Gasteiger partial charge in [0, 0.05) is 6.54 Å². The van der Waals surface area contributed by atoms with Crippen LogP contribution in [0.2, 0.25) is 0 Å². The van der Waals surface area contributed by atoms with Gasteiger partial charge in [-0.05, 0) is 19.1 Å². The Morgan fingerprint density at radius 3 is 2.89 bits per heavy atom. The molecular weight excluding hydrogens is 234 g/mol. The van der Waals surface area contributed by atoms with Crippen LogP contribution in [0.15, 0.2) is 24.5 Å². The molecule has 0 aromatic carbocycles. The number of nitrogens with two attached hydrogens (primary N) is 2. The number of nitrogens with zero attached hydrogens (tertiary/aromatic N) is 3. The van der Waals surface area contributed by atoms with Gasteiger partial charge in [0.25, 0.3) is 5.91 Å². The topological polar surface area (TPSA) is 109 Å². The number of ether oxygens (including phenoxy) is 1. The van der Waals surface area contributed by atoms with E-state index in [-0.39, 0.29) is 11.6 Å². The van der Waals surface area contributed by atoms with Crippen LogP contribution in [-0.2, 0) is 6.54 Å². The zero-order valence-electron chi connectivity index (χ0n) is 9.83. The number of aryl methyl sites for hydroxylation is 1. The Morgan fingerprint density at radius 2 is 2.28 bits per heavy atom. The van der Waals surface area contributed by atoms with Crippen LogP contribution in [0.3, 0.4) is 0 Å². The monoisotopic (exact) mass is 247 g/mol. The Balaban J connectivity index is 2.27. The van der Waals surface area contributed by atoms with Crippen molar-refractivity contribution in [3.8, 4) is 11.6 Å². The maximum Gasteiger partial charge on any atom is 0.267 e. The Bertz CT molecular complexity index is 579. The molecule has 2 aromatic rings. The van der Waals surface area contributed by atoms with Crippen LogP contribution in [0.25, 0.3) is 0 Å². The van der Waals surface area contributed by atoms with E-state index in [0.717, 1.165) is 6.54 Å². The third kappa shape index (κ3) is 2.40. The van der Waals surface area contributed by atoms with Gasteiger partial charge in [-0.25, -0.2) is 4.98 Å². The summed E-state index contributed by atoms with van der Waals surface area (Å²) < 4.78 is 7.15. The Hall–Kier alpha value is -2.57. The van der Waals surface area contributed by atoms with Gasteiger partial charge in [-0.15, -0.1) is 0 Å². The molecule has 7 heteroatoms. The predicted octanol–water partition coefficient (Wildman–Crippen LogP) is 0.771. The highest BCUT2D eigenvalue weighted by atomic mass is 16.5. The molecule has 0 atom stereocenters. The molecule has 2 heterocycles. The molecule has 0 aliphatic rings. The Kier molecular flexibility index (Phi) is 3.13. The summed E-state index contributed by atoms with van der Waals surface area (Å²) in [6.07, 6.45) is 3.25. The number of hydrogen-bond donors (Lipinski definition) is 2. The van der Waals surface area contributed by atoms with E-state index in [1.54, 1.807) is 17.1 Å². The average Bonchev–Trinajstić information content (AvgIpc) is 2.79. The first kappa shape index (κ1) is 11.9. The van der Waals surface area contributed by atoms with Gasteiger partial charge in [0.15, 0.2) is 5.75 Å². The molecule has 0 fully saturated rings. The van der Waals surface area contributed by atoms with Crippen LogP contribution in [0.5, 0.6) is 11.6 Å². The fraction of sp³-hybridized carbons (Fsp3) is 0.182. The van der Waals surface area contributed by atoms with Gasteiger partial charge in [-0.2, -0.15) is 5.10 Å². The summed E-state index contributed by atoms with van der Waals surface area (Å²) in [6.45, 7) is 2.69. The van der Waals surface area contributed by atoms with Crippen LogP contribution in [-0.4, -0.2) is 20.7 Å². The molecule has 1 amide bonds. The molecule has 0 bridgehead atoms. The first-order valence-electron chi connectivity index (χ1n) is 5.36. The SMILES string of the molecule is CCn1cc(Oc2nc(C(N)=O)ccc2N)cn1. The number of nitrogen functional groups attached to an aromatic ring is 1. The molecule has 0 unspecified atom stereocenters. The highest BCUT2D eigenvalue weighted by Crippen LogP contribution is 2.24. The number of carbonyl (C=O) groups excluding carboxylic acids is 1. The maximum absolute atomic E-state index is 11.0. The van der Waals surface area contributed by atoms with Gasteiger partial charge in [-0.1, -0.05) is 0 Å². The summed E-state index contributed by atoms with van der Waals surface area (Å²) in [5, 5.41) is 4.05. The molecule has 4 N–H and O–H groups in total. The number of primary amides is 1. The number of anilines is 1. The van der Waals surface area contributed by atoms with Gasteiger partial charge in [0.05, 0.1) is 18.1 Å². The lowest BCUT2D eigenvalue weighted by Gasteiger charge is -2.05. The second kappa shape index (κ2) is 4.74. The molecule has 18 heavy (non-hydrogen) atoms. The van der Waals surface area contributed by atoms with Crippen molar-refractivity contribution < 1.29 is 9.53 Å². The van der Waals surface area contributed by atoms with E-state index in [2.05, 4.69) is 10.1 Å². The number of aromatic nitrogens is 3. The van der Waals surface area contributed by atoms with Crippen molar-refractivity contribution in [3.05, 3.63) is 30.2 Å². The number of carbonyl (C=O) groups is 1. The van der Waals surface area contributed by atoms with Crippen LogP contribution in [0, 0.1) is 0 Å². The van der Waals surface area contributed by atoms with Crippen molar-refractivity contribution >= 4 is 11.6 Å². The molecule has 0 saturated heterocycles. The van der Waals surface area contributed by atoms with Crippen molar-refractivity contribution in [2.75, 3.05) is 5.73 Å². The summed E-state index contributed by atoms with van der Waals surface area (Å²) in [7, 11) is 0. The van der Waals surface area contributed by atoms with E-state index in [0.29, 0.717) is 11.4 Å². The minimum Gasteiger partial charge on any atom is -0.434 e. The van der Waals surface area contributed by atoms with E-state index >= 15 is 0 Å². The van der Waals surface area contributed by atoms with Crippen molar-refractivity contribution in [3.63, 3.8) is 0 Å². The molecule has 0 aliphatic heterocycles. The molecule has 0 saturated carbocycles. The van der Waals surface area contributed by atoms with Crippen LogP contribution in [0.4, 0.5) is 5.69 Å². The number of rotatable bonds is 4. The van der Waals surface area contributed by atoms with E-state index < -0.39 is 5.91 Å². The minimum atomic E-state index is -0.635. The molecule has 0 radical (unpaired) electrons. The van der Waals surface area contributed by atoms with Crippen molar-refractivity contribution in [2.24, 2.45) is 5.73 Å². The third-order valence-electron chi connectivity index (χ3n) is 2.29. The third-order valence-corrected chi connectivity index (χ3v) is 2.29. The first-order valence-corrected chi connectivity index (χ1v) is 5.36. The number of amides is 1. The van der Waals surface area contributed by atoms with Crippen LogP contribution < -0.4 is 16.2 Å². The highest BCUT2D eigenvalue weighted by molar-refractivity contribution is 5.91. The Labute approximate surface area is 103 Å². The highest BCUT2D eigenvalue weighted by Gasteiger charge is 2.10. The fourth-order valence-electron chi connectivity index (χ4n) is 1.35. The predicted molar refractivity (Wildman–Crippen MR) is 65.1 cm³/mol. The first-order chi connectivity index (χ1) is 8.60. The van der Waals surface area contributed by atoms with Gasteiger partial charge in [0.1, 0.15) is 5.69 Å². The number of pyridine rings is 1. The Morgan fingerprint density at radius 1 is 1.50 bits per heavy atom. The number of hydrogen-bond acceptors (Lipinski definition) is 5. The van der Waals surface area contributed by atoms with E-state index in [4.69, 9.17) is 16.2 Å². The summed E-state index contributed by atoms with van der Waals surface area (Å²) in [5.41, 5.74) is 11.3. The smallest absolute Gasteiger partial charge is 0.267 e. The normalized spacial score (nSPS) is 10.3. The summed E-state index contributed by atoms with van der Waals surface area (Å²) in [6, 6.07) is 2.96.